The molecule has 20 heavy (non-hydrogen) atoms. The number of allylic oxidation sites excluding steroid dienone is 4. The normalized spacial score (nSPS) is 29.6. The Labute approximate surface area is 119 Å². The van der Waals surface area contributed by atoms with Crippen molar-refractivity contribution in [3.8, 4) is 0 Å². The average molecular weight is 262 g/mol. The van der Waals surface area contributed by atoms with Crippen LogP contribution in [0.1, 0.15) is 38.1 Å². The van der Waals surface area contributed by atoms with Gasteiger partial charge in [0.25, 0.3) is 0 Å². The molecular formula is C18H18N2. The van der Waals surface area contributed by atoms with Crippen LogP contribution in [0.5, 0.6) is 0 Å². The summed E-state index contributed by atoms with van der Waals surface area (Å²) in [6.45, 7) is 6.86. The number of aliphatic imine (C=N–C) groups is 1. The highest BCUT2D eigenvalue weighted by molar-refractivity contribution is 5.85. The number of rotatable bonds is 0. The van der Waals surface area contributed by atoms with Crippen molar-refractivity contribution in [1.29, 1.82) is 0 Å². The lowest BCUT2D eigenvalue weighted by atomic mass is 9.64. The predicted molar refractivity (Wildman–Crippen MR) is 82.6 cm³/mol. The van der Waals surface area contributed by atoms with Crippen LogP contribution in [-0.2, 0) is 0 Å². The number of pyridine rings is 1. The van der Waals surface area contributed by atoms with Crippen molar-refractivity contribution < 1.29 is 0 Å². The number of fused-ring (bicyclic) bond motifs is 2. The Morgan fingerprint density at radius 3 is 2.80 bits per heavy atom. The third kappa shape index (κ3) is 1.29. The van der Waals surface area contributed by atoms with Gasteiger partial charge in [-0.15, -0.1) is 0 Å². The van der Waals surface area contributed by atoms with E-state index < -0.39 is 0 Å². The molecule has 1 aromatic rings. The largest absolute Gasteiger partial charge is 0.282 e. The van der Waals surface area contributed by atoms with Crippen molar-refractivity contribution in [3.05, 3.63) is 59.0 Å². The fourth-order valence-corrected chi connectivity index (χ4v) is 3.58. The molecule has 0 amide bonds. The molecule has 0 N–H and O–H groups in total. The third-order valence-electron chi connectivity index (χ3n) is 4.80. The molecule has 100 valence electrons. The standard InChI is InChI=1S/C18H18N2/c1-17(2,3)18-9-8-12-6-7-13-5-4-10-19-15(13)16(14(12)18)20-11-18/h4-11,16H,1-3H3. The Bertz CT molecular complexity index is 713. The maximum absolute atomic E-state index is 4.84. The second kappa shape index (κ2) is 3.57. The van der Waals surface area contributed by atoms with E-state index in [0.717, 1.165) is 5.69 Å². The van der Waals surface area contributed by atoms with Gasteiger partial charge in [-0.05, 0) is 28.2 Å². The van der Waals surface area contributed by atoms with E-state index in [4.69, 9.17) is 4.99 Å². The summed E-state index contributed by atoms with van der Waals surface area (Å²) in [5, 5.41) is 0. The number of nitrogens with zero attached hydrogens (tertiary/aromatic N) is 2. The first-order valence-electron chi connectivity index (χ1n) is 7.14. The molecule has 4 rings (SSSR count). The summed E-state index contributed by atoms with van der Waals surface area (Å²) >= 11 is 0. The van der Waals surface area contributed by atoms with Crippen LogP contribution in [-0.4, -0.2) is 11.2 Å². The maximum atomic E-state index is 4.84. The van der Waals surface area contributed by atoms with Gasteiger partial charge in [0.1, 0.15) is 6.04 Å². The summed E-state index contributed by atoms with van der Waals surface area (Å²) in [4.78, 5) is 9.45. The van der Waals surface area contributed by atoms with Crippen molar-refractivity contribution in [2.24, 2.45) is 15.8 Å². The van der Waals surface area contributed by atoms with Crippen LogP contribution in [0, 0.1) is 10.8 Å². The lowest BCUT2D eigenvalue weighted by Crippen LogP contribution is -2.34. The minimum absolute atomic E-state index is 0.0591. The van der Waals surface area contributed by atoms with Crippen molar-refractivity contribution in [2.75, 3.05) is 0 Å². The first-order valence-corrected chi connectivity index (χ1v) is 7.14. The molecule has 2 atom stereocenters. The highest BCUT2D eigenvalue weighted by atomic mass is 14.9. The molecule has 0 saturated heterocycles. The summed E-state index contributed by atoms with van der Waals surface area (Å²) in [6, 6.07) is 4.19. The van der Waals surface area contributed by atoms with Gasteiger partial charge in [-0.3, -0.25) is 9.98 Å². The fraction of sp³-hybridized carbons (Fsp3) is 0.333. The Morgan fingerprint density at radius 2 is 2.00 bits per heavy atom. The Hall–Kier alpha value is -1.96. The highest BCUT2D eigenvalue weighted by Crippen LogP contribution is 2.58. The van der Waals surface area contributed by atoms with Crippen LogP contribution in [0.3, 0.4) is 0 Å². The molecule has 2 aliphatic carbocycles. The molecule has 0 fully saturated rings. The first kappa shape index (κ1) is 11.8. The Kier molecular flexibility index (Phi) is 2.11. The summed E-state index contributed by atoms with van der Waals surface area (Å²) in [5.41, 5.74) is 5.03. The number of aromatic nitrogens is 1. The minimum Gasteiger partial charge on any atom is -0.282 e. The van der Waals surface area contributed by atoms with E-state index in [1.807, 2.05) is 12.3 Å². The average Bonchev–Trinajstić information content (AvgIpc) is 2.90. The summed E-state index contributed by atoms with van der Waals surface area (Å²) < 4.78 is 0. The molecule has 2 heteroatoms. The van der Waals surface area contributed by atoms with Gasteiger partial charge < -0.3 is 0 Å². The Balaban J connectivity index is 1.98. The zero-order chi connectivity index (χ0) is 14.0. The smallest absolute Gasteiger partial charge is 0.115 e. The van der Waals surface area contributed by atoms with Crippen LogP contribution in [0.2, 0.25) is 0 Å². The topological polar surface area (TPSA) is 25.2 Å². The molecule has 0 bridgehead atoms. The monoisotopic (exact) mass is 262 g/mol. The highest BCUT2D eigenvalue weighted by Gasteiger charge is 2.51. The molecule has 0 saturated carbocycles. The third-order valence-corrected chi connectivity index (χ3v) is 4.80. The van der Waals surface area contributed by atoms with Crippen LogP contribution in [0.4, 0.5) is 0 Å². The summed E-state index contributed by atoms with van der Waals surface area (Å²) in [7, 11) is 0. The van der Waals surface area contributed by atoms with E-state index in [1.165, 1.54) is 16.7 Å². The molecule has 0 aromatic carbocycles. The van der Waals surface area contributed by atoms with Crippen molar-refractivity contribution in [3.63, 3.8) is 0 Å². The molecule has 0 spiro atoms. The predicted octanol–water partition coefficient (Wildman–Crippen LogP) is 4.13. The second-order valence-electron chi connectivity index (χ2n) is 6.81. The molecular weight excluding hydrogens is 244 g/mol. The molecule has 3 aliphatic rings. The Morgan fingerprint density at radius 1 is 1.15 bits per heavy atom. The number of hydrogen-bond donors (Lipinski definition) is 0. The zero-order valence-corrected chi connectivity index (χ0v) is 12.1. The minimum atomic E-state index is -0.0591. The van der Waals surface area contributed by atoms with Crippen LogP contribution >= 0.6 is 0 Å². The molecule has 2 unspecified atom stereocenters. The quantitative estimate of drug-likeness (QED) is 0.690. The first-order chi connectivity index (χ1) is 9.53. The van der Waals surface area contributed by atoms with E-state index in [2.05, 4.69) is 62.3 Å². The van der Waals surface area contributed by atoms with Crippen LogP contribution in [0.15, 0.2) is 52.7 Å². The SMILES string of the molecule is CC(C)(C)C12C=CC3=C1C(N=C2)c1ncccc1C=C3. The van der Waals surface area contributed by atoms with Gasteiger partial charge in [-0.2, -0.15) is 0 Å². The van der Waals surface area contributed by atoms with Gasteiger partial charge in [0.2, 0.25) is 0 Å². The van der Waals surface area contributed by atoms with Crippen LogP contribution < -0.4 is 0 Å². The van der Waals surface area contributed by atoms with Gasteiger partial charge in [0, 0.05) is 12.4 Å². The van der Waals surface area contributed by atoms with E-state index >= 15 is 0 Å². The molecule has 1 aliphatic heterocycles. The summed E-state index contributed by atoms with van der Waals surface area (Å²) in [6.07, 6.45) is 13.0. The van der Waals surface area contributed by atoms with Crippen LogP contribution in [0.25, 0.3) is 6.08 Å². The molecule has 1 aromatic heterocycles. The van der Waals surface area contributed by atoms with E-state index in [1.54, 1.807) is 0 Å². The number of hydrogen-bond acceptors (Lipinski definition) is 2. The van der Waals surface area contributed by atoms with E-state index in [-0.39, 0.29) is 16.9 Å². The van der Waals surface area contributed by atoms with Gasteiger partial charge in [0.05, 0.1) is 11.1 Å². The van der Waals surface area contributed by atoms with Gasteiger partial charge in [0.15, 0.2) is 0 Å². The van der Waals surface area contributed by atoms with E-state index in [9.17, 15) is 0 Å². The van der Waals surface area contributed by atoms with E-state index in [0.29, 0.717) is 0 Å². The summed E-state index contributed by atoms with van der Waals surface area (Å²) in [5.74, 6) is 0. The molecule has 0 radical (unpaired) electrons. The van der Waals surface area contributed by atoms with Gasteiger partial charge in [-0.25, -0.2) is 0 Å². The molecule has 2 heterocycles. The van der Waals surface area contributed by atoms with Crippen molar-refractivity contribution in [2.45, 2.75) is 26.8 Å². The van der Waals surface area contributed by atoms with Gasteiger partial charge in [-0.1, -0.05) is 51.1 Å². The maximum Gasteiger partial charge on any atom is 0.115 e. The van der Waals surface area contributed by atoms with Crippen molar-refractivity contribution >= 4 is 12.3 Å². The van der Waals surface area contributed by atoms with Crippen molar-refractivity contribution in [1.82, 2.24) is 4.98 Å². The lowest BCUT2D eigenvalue weighted by molar-refractivity contribution is 0.278. The second-order valence-corrected chi connectivity index (χ2v) is 6.81. The lowest BCUT2D eigenvalue weighted by Gasteiger charge is -2.38. The van der Waals surface area contributed by atoms with Gasteiger partial charge >= 0.3 is 0 Å². The fourth-order valence-electron chi connectivity index (χ4n) is 3.58. The molecule has 2 nitrogen and oxygen atoms in total. The zero-order valence-electron chi connectivity index (χ0n) is 12.1.